The van der Waals surface area contributed by atoms with Crippen LogP contribution >= 0.6 is 0 Å². The third-order valence-electron chi connectivity index (χ3n) is 4.74. The van der Waals surface area contributed by atoms with Crippen molar-refractivity contribution in [2.75, 3.05) is 14.2 Å². The van der Waals surface area contributed by atoms with E-state index in [1.165, 1.54) is 0 Å². The monoisotopic (exact) mass is 411 g/mol. The summed E-state index contributed by atoms with van der Waals surface area (Å²) in [5.74, 6) is 0.306. The standard InChI is InChI=1S/C23H25NO6/c1-14-5-7-18-17(13-29-20(18)9-14)11-22(25)30-15(2)23(26)24-12-16-6-8-19(27-3)21(10-16)28-4/h5-10,13,15H,11-12H2,1-4H3,(H,24,26)/t15-/m1/s1. The minimum absolute atomic E-state index is 0.0311. The second-order valence-corrected chi connectivity index (χ2v) is 6.98. The summed E-state index contributed by atoms with van der Waals surface area (Å²) in [5, 5.41) is 3.62. The molecule has 30 heavy (non-hydrogen) atoms. The van der Waals surface area contributed by atoms with E-state index in [0.29, 0.717) is 11.5 Å². The molecule has 0 unspecified atom stereocenters. The molecule has 1 atom stereocenters. The average Bonchev–Trinajstić information content (AvgIpc) is 3.12. The molecule has 7 heteroatoms. The fourth-order valence-electron chi connectivity index (χ4n) is 3.10. The number of methoxy groups -OCH3 is 2. The van der Waals surface area contributed by atoms with E-state index in [1.54, 1.807) is 39.5 Å². The summed E-state index contributed by atoms with van der Waals surface area (Å²) in [6, 6.07) is 11.1. The van der Waals surface area contributed by atoms with E-state index < -0.39 is 12.1 Å². The molecule has 2 aromatic carbocycles. The van der Waals surface area contributed by atoms with E-state index in [0.717, 1.165) is 27.7 Å². The van der Waals surface area contributed by atoms with Gasteiger partial charge in [0, 0.05) is 17.5 Å². The summed E-state index contributed by atoms with van der Waals surface area (Å²) >= 11 is 0. The molecule has 0 spiro atoms. The van der Waals surface area contributed by atoms with Gasteiger partial charge in [-0.05, 0) is 43.2 Å². The SMILES string of the molecule is COc1ccc(CNC(=O)[C@@H](C)OC(=O)Cc2coc3cc(C)ccc23)cc1OC. The minimum atomic E-state index is -0.918. The number of fused-ring (bicyclic) bond motifs is 1. The van der Waals surface area contributed by atoms with Gasteiger partial charge in [-0.3, -0.25) is 9.59 Å². The van der Waals surface area contributed by atoms with Gasteiger partial charge in [0.25, 0.3) is 5.91 Å². The summed E-state index contributed by atoms with van der Waals surface area (Å²) in [6.07, 6.45) is 0.661. The Balaban J connectivity index is 1.54. The van der Waals surface area contributed by atoms with E-state index in [9.17, 15) is 9.59 Å². The van der Waals surface area contributed by atoms with Gasteiger partial charge in [-0.2, -0.15) is 0 Å². The molecule has 1 amide bonds. The molecule has 0 aliphatic rings. The highest BCUT2D eigenvalue weighted by molar-refractivity contribution is 5.88. The van der Waals surface area contributed by atoms with Gasteiger partial charge in [-0.15, -0.1) is 0 Å². The molecular weight excluding hydrogens is 386 g/mol. The molecule has 0 aliphatic carbocycles. The highest BCUT2D eigenvalue weighted by Gasteiger charge is 2.19. The number of rotatable bonds is 8. The molecule has 3 rings (SSSR count). The van der Waals surface area contributed by atoms with Crippen LogP contribution in [0, 0.1) is 6.92 Å². The third-order valence-corrected chi connectivity index (χ3v) is 4.74. The second-order valence-electron chi connectivity index (χ2n) is 6.98. The summed E-state index contributed by atoms with van der Waals surface area (Å²) in [7, 11) is 3.11. The van der Waals surface area contributed by atoms with E-state index in [2.05, 4.69) is 5.32 Å². The number of esters is 1. The molecular formula is C23H25NO6. The van der Waals surface area contributed by atoms with Gasteiger partial charge < -0.3 is 23.9 Å². The number of carbonyl (C=O) groups is 2. The van der Waals surface area contributed by atoms with Crippen LogP contribution in [-0.2, 0) is 27.3 Å². The summed E-state index contributed by atoms with van der Waals surface area (Å²) in [6.45, 7) is 3.78. The number of aryl methyl sites for hydroxylation is 1. The topological polar surface area (TPSA) is 87.0 Å². The van der Waals surface area contributed by atoms with Crippen LogP contribution in [0.5, 0.6) is 11.5 Å². The van der Waals surface area contributed by atoms with Crippen molar-refractivity contribution in [3.63, 3.8) is 0 Å². The lowest BCUT2D eigenvalue weighted by Crippen LogP contribution is -2.35. The maximum Gasteiger partial charge on any atom is 0.311 e. The highest BCUT2D eigenvalue weighted by atomic mass is 16.5. The first kappa shape index (κ1) is 21.2. The molecule has 0 bridgehead atoms. The zero-order chi connectivity index (χ0) is 21.7. The molecule has 0 fully saturated rings. The predicted octanol–water partition coefficient (Wildman–Crippen LogP) is 3.55. The first-order valence-corrected chi connectivity index (χ1v) is 9.56. The van der Waals surface area contributed by atoms with E-state index in [-0.39, 0.29) is 18.9 Å². The lowest BCUT2D eigenvalue weighted by Gasteiger charge is -2.14. The number of nitrogens with one attached hydrogen (secondary N) is 1. The normalized spacial score (nSPS) is 11.7. The molecule has 0 radical (unpaired) electrons. The number of ether oxygens (including phenoxy) is 3. The third kappa shape index (κ3) is 4.92. The molecule has 0 aliphatic heterocycles. The fourth-order valence-corrected chi connectivity index (χ4v) is 3.10. The van der Waals surface area contributed by atoms with Crippen LogP contribution in [0.4, 0.5) is 0 Å². The van der Waals surface area contributed by atoms with Crippen LogP contribution in [-0.4, -0.2) is 32.2 Å². The number of hydrogen-bond acceptors (Lipinski definition) is 6. The van der Waals surface area contributed by atoms with E-state index in [1.807, 2.05) is 31.2 Å². The van der Waals surface area contributed by atoms with Crippen molar-refractivity contribution in [3.8, 4) is 11.5 Å². The van der Waals surface area contributed by atoms with Gasteiger partial charge in [-0.25, -0.2) is 0 Å². The van der Waals surface area contributed by atoms with Crippen molar-refractivity contribution >= 4 is 22.8 Å². The molecule has 1 N–H and O–H groups in total. The Morgan fingerprint density at radius 1 is 1.07 bits per heavy atom. The molecule has 1 heterocycles. The Labute approximate surface area is 174 Å². The average molecular weight is 411 g/mol. The van der Waals surface area contributed by atoms with Gasteiger partial charge in [0.1, 0.15) is 5.58 Å². The summed E-state index contributed by atoms with van der Waals surface area (Å²) < 4.78 is 21.2. The molecule has 1 aromatic heterocycles. The van der Waals surface area contributed by atoms with Crippen molar-refractivity contribution < 1.29 is 28.2 Å². The number of carbonyl (C=O) groups excluding carboxylic acids is 2. The van der Waals surface area contributed by atoms with Crippen LogP contribution in [0.1, 0.15) is 23.6 Å². The van der Waals surface area contributed by atoms with E-state index in [4.69, 9.17) is 18.6 Å². The second kappa shape index (κ2) is 9.35. The zero-order valence-corrected chi connectivity index (χ0v) is 17.5. The van der Waals surface area contributed by atoms with Gasteiger partial charge in [-0.1, -0.05) is 18.2 Å². The zero-order valence-electron chi connectivity index (χ0n) is 17.5. The predicted molar refractivity (Wildman–Crippen MR) is 112 cm³/mol. The summed E-state index contributed by atoms with van der Waals surface area (Å²) in [4.78, 5) is 24.6. The fraction of sp³-hybridized carbons (Fsp3) is 0.304. The molecule has 0 saturated carbocycles. The Bertz CT molecular complexity index is 1060. The van der Waals surface area contributed by atoms with E-state index >= 15 is 0 Å². The van der Waals surface area contributed by atoms with Crippen molar-refractivity contribution in [3.05, 3.63) is 59.4 Å². The van der Waals surface area contributed by atoms with Crippen molar-refractivity contribution in [1.29, 1.82) is 0 Å². The Hall–Kier alpha value is -3.48. The highest BCUT2D eigenvalue weighted by Crippen LogP contribution is 2.27. The molecule has 3 aromatic rings. The first-order chi connectivity index (χ1) is 14.4. The minimum Gasteiger partial charge on any atom is -0.493 e. The lowest BCUT2D eigenvalue weighted by molar-refractivity contribution is -0.154. The van der Waals surface area contributed by atoms with Gasteiger partial charge in [0.2, 0.25) is 0 Å². The smallest absolute Gasteiger partial charge is 0.311 e. The van der Waals surface area contributed by atoms with Crippen LogP contribution in [0.2, 0.25) is 0 Å². The van der Waals surface area contributed by atoms with Crippen LogP contribution < -0.4 is 14.8 Å². The largest absolute Gasteiger partial charge is 0.493 e. The van der Waals surface area contributed by atoms with Crippen LogP contribution in [0.25, 0.3) is 11.0 Å². The first-order valence-electron chi connectivity index (χ1n) is 9.56. The molecule has 7 nitrogen and oxygen atoms in total. The Morgan fingerprint density at radius 2 is 1.83 bits per heavy atom. The number of benzene rings is 2. The van der Waals surface area contributed by atoms with Crippen molar-refractivity contribution in [2.45, 2.75) is 32.9 Å². The number of amides is 1. The van der Waals surface area contributed by atoms with Crippen LogP contribution in [0.15, 0.2) is 47.1 Å². The maximum atomic E-state index is 12.3. The van der Waals surface area contributed by atoms with Gasteiger partial charge in [0.15, 0.2) is 17.6 Å². The van der Waals surface area contributed by atoms with Gasteiger partial charge in [0.05, 0.1) is 26.9 Å². The van der Waals surface area contributed by atoms with Gasteiger partial charge >= 0.3 is 5.97 Å². The molecule has 158 valence electrons. The maximum absolute atomic E-state index is 12.3. The lowest BCUT2D eigenvalue weighted by atomic mass is 10.1. The van der Waals surface area contributed by atoms with Crippen molar-refractivity contribution in [2.24, 2.45) is 0 Å². The molecule has 0 saturated heterocycles. The summed E-state index contributed by atoms with van der Waals surface area (Å²) in [5.41, 5.74) is 3.36. The quantitative estimate of drug-likeness (QED) is 0.571. The van der Waals surface area contributed by atoms with Crippen molar-refractivity contribution in [1.82, 2.24) is 5.32 Å². The van der Waals surface area contributed by atoms with Crippen LogP contribution in [0.3, 0.4) is 0 Å². The Morgan fingerprint density at radius 3 is 2.57 bits per heavy atom. The number of hydrogen-bond donors (Lipinski definition) is 1. The Kier molecular flexibility index (Phi) is 6.61. The number of furan rings is 1.